The summed E-state index contributed by atoms with van der Waals surface area (Å²) in [5, 5.41) is 16.2. The van der Waals surface area contributed by atoms with Gasteiger partial charge in [0.25, 0.3) is 5.91 Å². The molecular formula is C27H34N7O4+. The number of likely N-dealkylation sites (N-methyl/N-ethyl adjacent to an activating group) is 1. The number of nitrogens with one attached hydrogen (secondary N) is 4. The quantitative estimate of drug-likeness (QED) is 0.266. The highest BCUT2D eigenvalue weighted by atomic mass is 16.6. The standard InChI is InChI=1S/C27H33N7O4/c1-18-12-23-24(38-11-10-37-23)14-20(18)15-30-27(36)19-4-3-5-21(13-19)29-16-25-32-33-26(34(25,2)8-9-35)22-6-7-28-17-31-22/h3-7,12-14,17,25-26,29,32-33,35H,8-11,15-16H2,1-2H3/p+1. The molecule has 2 aliphatic heterocycles. The average molecular weight is 521 g/mol. The summed E-state index contributed by atoms with van der Waals surface area (Å²) in [6.07, 6.45) is 3.04. The summed E-state index contributed by atoms with van der Waals surface area (Å²) in [4.78, 5) is 21.4. The van der Waals surface area contributed by atoms with Gasteiger partial charge in [0, 0.05) is 24.0 Å². The number of hydrogen-bond donors (Lipinski definition) is 5. The molecule has 200 valence electrons. The van der Waals surface area contributed by atoms with Crippen LogP contribution in [0.2, 0.25) is 0 Å². The van der Waals surface area contributed by atoms with Crippen LogP contribution in [0.5, 0.6) is 11.5 Å². The number of aliphatic hydroxyl groups is 1. The maximum Gasteiger partial charge on any atom is 0.251 e. The lowest BCUT2D eigenvalue weighted by Gasteiger charge is -2.38. The number of fused-ring (bicyclic) bond motifs is 1. The first kappa shape index (κ1) is 25.9. The van der Waals surface area contributed by atoms with E-state index in [9.17, 15) is 9.90 Å². The van der Waals surface area contributed by atoms with Crippen molar-refractivity contribution in [2.24, 2.45) is 0 Å². The molecule has 5 N–H and O–H groups in total. The van der Waals surface area contributed by atoms with Crippen molar-refractivity contribution >= 4 is 11.6 Å². The van der Waals surface area contributed by atoms with Crippen LogP contribution in [-0.4, -0.2) is 71.6 Å². The molecule has 2 aliphatic rings. The zero-order valence-corrected chi connectivity index (χ0v) is 21.6. The van der Waals surface area contributed by atoms with Crippen molar-refractivity contribution in [1.82, 2.24) is 26.1 Å². The Morgan fingerprint density at radius 2 is 1.97 bits per heavy atom. The summed E-state index contributed by atoms with van der Waals surface area (Å²) in [7, 11) is 2.08. The normalized spacial score (nSPS) is 22.2. The van der Waals surface area contributed by atoms with Gasteiger partial charge in [-0.15, -0.1) is 0 Å². The van der Waals surface area contributed by atoms with Gasteiger partial charge in [0.1, 0.15) is 31.8 Å². The highest BCUT2D eigenvalue weighted by Gasteiger charge is 2.47. The van der Waals surface area contributed by atoms with E-state index in [0.29, 0.717) is 48.6 Å². The van der Waals surface area contributed by atoms with Crippen LogP contribution < -0.4 is 31.0 Å². The minimum absolute atomic E-state index is 0.0381. The average Bonchev–Trinajstić information content (AvgIpc) is 3.26. The molecule has 3 unspecified atom stereocenters. The van der Waals surface area contributed by atoms with Crippen LogP contribution in [-0.2, 0) is 6.54 Å². The van der Waals surface area contributed by atoms with Crippen LogP contribution >= 0.6 is 0 Å². The van der Waals surface area contributed by atoms with Crippen molar-refractivity contribution in [2.75, 3.05) is 45.3 Å². The predicted octanol–water partition coefficient (Wildman–Crippen LogP) is 1.47. The maximum absolute atomic E-state index is 13.0. The molecule has 5 rings (SSSR count). The number of hydrogen-bond acceptors (Lipinski definition) is 9. The van der Waals surface area contributed by atoms with Gasteiger partial charge in [-0.1, -0.05) is 6.07 Å². The predicted molar refractivity (Wildman–Crippen MR) is 141 cm³/mol. The first-order valence-corrected chi connectivity index (χ1v) is 12.7. The van der Waals surface area contributed by atoms with E-state index < -0.39 is 0 Å². The number of amides is 1. The van der Waals surface area contributed by atoms with E-state index in [1.807, 2.05) is 43.3 Å². The van der Waals surface area contributed by atoms with E-state index >= 15 is 0 Å². The number of aliphatic hydroxyl groups excluding tert-OH is 1. The fraction of sp³-hybridized carbons (Fsp3) is 0.370. The van der Waals surface area contributed by atoms with E-state index in [-0.39, 0.29) is 24.8 Å². The van der Waals surface area contributed by atoms with Crippen LogP contribution in [0.25, 0.3) is 0 Å². The minimum atomic E-state index is -0.159. The van der Waals surface area contributed by atoms with Crippen molar-refractivity contribution < 1.29 is 23.9 Å². The molecule has 11 heteroatoms. The number of anilines is 1. The highest BCUT2D eigenvalue weighted by Crippen LogP contribution is 2.33. The lowest BCUT2D eigenvalue weighted by atomic mass is 10.1. The third kappa shape index (κ3) is 5.41. The SMILES string of the molecule is Cc1cc2c(cc1CNC(=O)c1cccc(NCC3NNC(c4ccncn4)[N+]3(C)CCO)c1)OCCO2. The zero-order chi connectivity index (χ0) is 26.5. The number of benzene rings is 2. The minimum Gasteiger partial charge on any atom is -0.486 e. The number of hydrazine groups is 1. The number of rotatable bonds is 9. The van der Waals surface area contributed by atoms with E-state index in [0.717, 1.165) is 28.3 Å². The number of aryl methyl sites for hydroxylation is 1. The Morgan fingerprint density at radius 3 is 2.74 bits per heavy atom. The second kappa shape index (κ2) is 11.3. The third-order valence-electron chi connectivity index (χ3n) is 7.22. The van der Waals surface area contributed by atoms with Crippen LogP contribution in [0.3, 0.4) is 0 Å². The van der Waals surface area contributed by atoms with Crippen molar-refractivity contribution in [1.29, 1.82) is 0 Å². The van der Waals surface area contributed by atoms with Crippen LogP contribution in [0.4, 0.5) is 5.69 Å². The molecule has 1 saturated heterocycles. The largest absolute Gasteiger partial charge is 0.486 e. The summed E-state index contributed by atoms with van der Waals surface area (Å²) in [5.41, 5.74) is 10.9. The first-order valence-electron chi connectivity index (χ1n) is 12.7. The van der Waals surface area contributed by atoms with E-state index in [1.165, 1.54) is 6.33 Å². The molecule has 3 aromatic rings. The van der Waals surface area contributed by atoms with Gasteiger partial charge in [0.15, 0.2) is 23.8 Å². The fourth-order valence-electron chi connectivity index (χ4n) is 4.93. The number of aromatic nitrogens is 2. The van der Waals surface area contributed by atoms with Crippen molar-refractivity contribution in [3.05, 3.63) is 77.4 Å². The van der Waals surface area contributed by atoms with Crippen molar-refractivity contribution in [3.63, 3.8) is 0 Å². The molecule has 1 aromatic heterocycles. The Bertz CT molecular complexity index is 1280. The Morgan fingerprint density at radius 1 is 1.16 bits per heavy atom. The summed E-state index contributed by atoms with van der Waals surface area (Å²) < 4.78 is 11.8. The monoisotopic (exact) mass is 520 g/mol. The van der Waals surface area contributed by atoms with Crippen LogP contribution in [0.15, 0.2) is 55.0 Å². The van der Waals surface area contributed by atoms with E-state index in [2.05, 4.69) is 38.5 Å². The Kier molecular flexibility index (Phi) is 7.70. The fourth-order valence-corrected chi connectivity index (χ4v) is 4.93. The molecule has 0 aliphatic carbocycles. The van der Waals surface area contributed by atoms with Gasteiger partial charge in [-0.25, -0.2) is 9.97 Å². The van der Waals surface area contributed by atoms with Crippen molar-refractivity contribution in [2.45, 2.75) is 25.8 Å². The number of nitrogens with zero attached hydrogens (tertiary/aromatic N) is 3. The van der Waals surface area contributed by atoms with Gasteiger partial charge in [0.2, 0.25) is 0 Å². The molecule has 0 saturated carbocycles. The summed E-state index contributed by atoms with van der Waals surface area (Å²) >= 11 is 0. The zero-order valence-electron chi connectivity index (χ0n) is 21.6. The lowest BCUT2D eigenvalue weighted by Crippen LogP contribution is -2.56. The summed E-state index contributed by atoms with van der Waals surface area (Å²) in [5.74, 6) is 1.29. The second-order valence-electron chi connectivity index (χ2n) is 9.70. The molecule has 0 bridgehead atoms. The molecule has 1 amide bonds. The van der Waals surface area contributed by atoms with Crippen LogP contribution in [0, 0.1) is 6.92 Å². The van der Waals surface area contributed by atoms with Gasteiger partial charge in [-0.05, 0) is 54.4 Å². The molecule has 2 aromatic carbocycles. The number of ether oxygens (including phenoxy) is 2. The summed E-state index contributed by atoms with van der Waals surface area (Å²) in [6.45, 7) is 4.58. The van der Waals surface area contributed by atoms with E-state index in [4.69, 9.17) is 9.47 Å². The number of carbonyl (C=O) groups excluding carboxylic acids is 1. The summed E-state index contributed by atoms with van der Waals surface area (Å²) in [6, 6.07) is 13.2. The molecule has 3 atom stereocenters. The topological polar surface area (TPSA) is 130 Å². The smallest absolute Gasteiger partial charge is 0.251 e. The molecule has 1 fully saturated rings. The third-order valence-corrected chi connectivity index (χ3v) is 7.22. The number of quaternary nitrogens is 1. The van der Waals surface area contributed by atoms with Crippen molar-refractivity contribution in [3.8, 4) is 11.5 Å². The molecule has 3 heterocycles. The Hall–Kier alpha value is -3.77. The maximum atomic E-state index is 13.0. The van der Waals surface area contributed by atoms with Gasteiger partial charge in [0.05, 0.1) is 20.2 Å². The van der Waals surface area contributed by atoms with Crippen LogP contribution in [0.1, 0.15) is 33.3 Å². The first-order chi connectivity index (χ1) is 18.5. The van der Waals surface area contributed by atoms with Gasteiger partial charge in [-0.3, -0.25) is 9.28 Å². The van der Waals surface area contributed by atoms with Gasteiger partial charge in [-0.2, -0.15) is 10.9 Å². The molecule has 0 spiro atoms. The lowest BCUT2D eigenvalue weighted by molar-refractivity contribution is -0.950. The molecule has 11 nitrogen and oxygen atoms in total. The second-order valence-corrected chi connectivity index (χ2v) is 9.70. The Balaban J connectivity index is 1.22. The van der Waals surface area contributed by atoms with Gasteiger partial charge < -0.3 is 25.2 Å². The highest BCUT2D eigenvalue weighted by molar-refractivity contribution is 5.95. The number of carbonyl (C=O) groups is 1. The molecular weight excluding hydrogens is 486 g/mol. The van der Waals surface area contributed by atoms with Gasteiger partial charge >= 0.3 is 0 Å². The molecule has 38 heavy (non-hydrogen) atoms. The Labute approximate surface area is 221 Å². The molecule has 0 radical (unpaired) electrons. The van der Waals surface area contributed by atoms with E-state index in [1.54, 1.807) is 12.3 Å².